The van der Waals surface area contributed by atoms with E-state index in [4.69, 9.17) is 9.90 Å². The second-order valence-electron chi connectivity index (χ2n) is 9.61. The molecular weight excluding hydrogens is 609 g/mol. The fourth-order valence-corrected chi connectivity index (χ4v) is 6.26. The Kier molecular flexibility index (Phi) is 10.3. The van der Waals surface area contributed by atoms with E-state index in [0.717, 1.165) is 40.5 Å². The Labute approximate surface area is 249 Å². The topological polar surface area (TPSA) is 158 Å². The highest BCUT2D eigenvalue weighted by molar-refractivity contribution is 7.89. The summed E-state index contributed by atoms with van der Waals surface area (Å²) in [6.07, 6.45) is -2.72. The Bertz CT molecular complexity index is 1670. The first-order valence-electron chi connectivity index (χ1n) is 13.1. The Morgan fingerprint density at radius 1 is 1.05 bits per heavy atom. The normalized spacial score (nSPS) is 14.0. The van der Waals surface area contributed by atoms with Gasteiger partial charge in [0.15, 0.2) is 0 Å². The predicted molar refractivity (Wildman–Crippen MR) is 156 cm³/mol. The van der Waals surface area contributed by atoms with Crippen LogP contribution in [-0.2, 0) is 21.4 Å². The van der Waals surface area contributed by atoms with Crippen molar-refractivity contribution in [2.45, 2.75) is 37.4 Å². The number of aliphatic hydroxyl groups excluding tert-OH is 1. The molecular formula is C27H29F3N6O5S2. The molecule has 0 radical (unpaired) electrons. The zero-order valence-corrected chi connectivity index (χ0v) is 24.6. The van der Waals surface area contributed by atoms with E-state index in [2.05, 4.69) is 30.1 Å². The van der Waals surface area contributed by atoms with Crippen LogP contribution in [0.1, 0.15) is 23.3 Å². The van der Waals surface area contributed by atoms with Crippen LogP contribution < -0.4 is 10.0 Å². The number of sulfonamides is 1. The summed E-state index contributed by atoms with van der Waals surface area (Å²) < 4.78 is 59.6. The smallest absolute Gasteiger partial charge is 0.475 e. The van der Waals surface area contributed by atoms with Crippen molar-refractivity contribution < 1.29 is 36.6 Å². The molecule has 0 amide bonds. The molecule has 43 heavy (non-hydrogen) atoms. The number of rotatable bonds is 9. The number of aromatic nitrogens is 3. The van der Waals surface area contributed by atoms with Crippen LogP contribution >= 0.6 is 11.3 Å². The molecule has 2 aromatic heterocycles. The molecule has 2 aromatic carbocycles. The third kappa shape index (κ3) is 8.67. The number of thiophene rings is 1. The number of nitrogens with one attached hydrogen (secondary N) is 2. The minimum Gasteiger partial charge on any atom is -0.475 e. The van der Waals surface area contributed by atoms with E-state index in [1.165, 1.54) is 12.8 Å². The van der Waals surface area contributed by atoms with Crippen molar-refractivity contribution in [3.8, 4) is 10.4 Å². The third-order valence-electron chi connectivity index (χ3n) is 6.47. The SMILES string of the molecule is Cc1cc2nc(Nc3ccc(S(=O)(=O)NCCN4CCCC4)cc3)nnc2cc1-c1ccc(CO)s1.O=C(O)C(F)(F)F. The van der Waals surface area contributed by atoms with Crippen LogP contribution in [-0.4, -0.2) is 77.0 Å². The molecule has 0 unspecified atom stereocenters. The van der Waals surface area contributed by atoms with Crippen LogP contribution in [0, 0.1) is 6.92 Å². The van der Waals surface area contributed by atoms with Gasteiger partial charge in [0.1, 0.15) is 5.52 Å². The zero-order chi connectivity index (χ0) is 31.2. The number of halogens is 3. The molecule has 3 heterocycles. The van der Waals surface area contributed by atoms with E-state index in [1.54, 1.807) is 35.6 Å². The standard InChI is InChI=1S/C25H28N6O3S2.C2HF3O2/c1-17-14-22-23(15-21(17)24-9-6-19(16-32)35-24)29-30-25(28-22)27-18-4-7-20(8-5-18)36(33,34)26-10-13-31-11-2-3-12-31;3-2(4,5)1(6)7/h4-9,14-15,26,32H,2-3,10-13,16H2,1H3,(H,27,28,30);(H,6,7). The molecule has 11 nitrogen and oxygen atoms in total. The van der Waals surface area contributed by atoms with E-state index in [0.29, 0.717) is 29.2 Å². The molecule has 0 spiro atoms. The number of alkyl halides is 3. The lowest BCUT2D eigenvalue weighted by atomic mass is 10.1. The monoisotopic (exact) mass is 638 g/mol. The van der Waals surface area contributed by atoms with Crippen molar-refractivity contribution in [2.24, 2.45) is 0 Å². The molecule has 0 saturated carbocycles. The lowest BCUT2D eigenvalue weighted by Gasteiger charge is -2.15. The molecule has 4 aromatic rings. The van der Waals surface area contributed by atoms with Crippen molar-refractivity contribution in [3.63, 3.8) is 0 Å². The average Bonchev–Trinajstić information content (AvgIpc) is 3.65. The zero-order valence-electron chi connectivity index (χ0n) is 22.9. The molecule has 16 heteroatoms. The maximum Gasteiger partial charge on any atom is 0.490 e. The van der Waals surface area contributed by atoms with E-state index in [-0.39, 0.29) is 11.5 Å². The molecule has 1 saturated heterocycles. The molecule has 1 fully saturated rings. The second-order valence-corrected chi connectivity index (χ2v) is 12.5. The lowest BCUT2D eigenvalue weighted by Crippen LogP contribution is -2.33. The van der Waals surface area contributed by atoms with Crippen LogP contribution in [0.4, 0.5) is 24.8 Å². The van der Waals surface area contributed by atoms with Gasteiger partial charge in [0.2, 0.25) is 16.0 Å². The number of likely N-dealkylation sites (tertiary alicyclic amines) is 1. The van der Waals surface area contributed by atoms with Gasteiger partial charge in [0.25, 0.3) is 0 Å². The van der Waals surface area contributed by atoms with Crippen molar-refractivity contribution >= 4 is 50.0 Å². The summed E-state index contributed by atoms with van der Waals surface area (Å²) in [5, 5.41) is 28.1. The largest absolute Gasteiger partial charge is 0.490 e. The number of fused-ring (bicyclic) bond motifs is 1. The molecule has 1 aliphatic rings. The van der Waals surface area contributed by atoms with Gasteiger partial charge in [-0.3, -0.25) is 0 Å². The highest BCUT2D eigenvalue weighted by atomic mass is 32.2. The van der Waals surface area contributed by atoms with Gasteiger partial charge < -0.3 is 20.4 Å². The number of hydrogen-bond acceptors (Lipinski definition) is 10. The molecule has 0 bridgehead atoms. The van der Waals surface area contributed by atoms with E-state index in [9.17, 15) is 26.7 Å². The summed E-state index contributed by atoms with van der Waals surface area (Å²) >= 11 is 1.55. The molecule has 5 rings (SSSR count). The van der Waals surface area contributed by atoms with Gasteiger partial charge in [-0.2, -0.15) is 13.2 Å². The van der Waals surface area contributed by atoms with Gasteiger partial charge in [-0.1, -0.05) is 0 Å². The van der Waals surface area contributed by atoms with Gasteiger partial charge in [0, 0.05) is 28.5 Å². The van der Waals surface area contributed by atoms with Gasteiger partial charge in [0.05, 0.1) is 17.0 Å². The van der Waals surface area contributed by atoms with Gasteiger partial charge in [-0.15, -0.1) is 21.5 Å². The number of carboxylic acid groups (broad SMARTS) is 1. The van der Waals surface area contributed by atoms with Crippen molar-refractivity contribution in [1.82, 2.24) is 24.8 Å². The van der Waals surface area contributed by atoms with Crippen molar-refractivity contribution in [1.29, 1.82) is 0 Å². The molecule has 4 N–H and O–H groups in total. The maximum absolute atomic E-state index is 12.6. The summed E-state index contributed by atoms with van der Waals surface area (Å²) in [6.45, 7) is 5.23. The van der Waals surface area contributed by atoms with E-state index in [1.807, 2.05) is 31.2 Å². The fraction of sp³-hybridized carbons (Fsp3) is 0.333. The second kappa shape index (κ2) is 13.7. The number of aliphatic hydroxyl groups is 1. The molecule has 1 aliphatic heterocycles. The number of carboxylic acids is 1. The fourth-order valence-electron chi connectivity index (χ4n) is 4.29. The number of carbonyl (C=O) groups is 1. The molecule has 230 valence electrons. The van der Waals surface area contributed by atoms with Crippen LogP contribution in [0.5, 0.6) is 0 Å². The number of aryl methyl sites for hydroxylation is 1. The number of hydrogen-bond donors (Lipinski definition) is 4. The molecule has 0 aliphatic carbocycles. The average molecular weight is 639 g/mol. The minimum atomic E-state index is -5.08. The quantitative estimate of drug-likeness (QED) is 0.208. The van der Waals surface area contributed by atoms with E-state index >= 15 is 0 Å². The van der Waals surface area contributed by atoms with Crippen LogP contribution in [0.15, 0.2) is 53.4 Å². The molecule has 0 atom stereocenters. The first-order valence-corrected chi connectivity index (χ1v) is 15.4. The van der Waals surface area contributed by atoms with Gasteiger partial charge >= 0.3 is 12.1 Å². The Balaban J connectivity index is 0.000000541. The van der Waals surface area contributed by atoms with Crippen LogP contribution in [0.3, 0.4) is 0 Å². The maximum atomic E-state index is 12.6. The minimum absolute atomic E-state index is 0.0237. The predicted octanol–water partition coefficient (Wildman–Crippen LogP) is 4.31. The summed E-state index contributed by atoms with van der Waals surface area (Å²) in [5.74, 6) is -2.43. The summed E-state index contributed by atoms with van der Waals surface area (Å²) in [4.78, 5) is 17.9. The van der Waals surface area contributed by atoms with E-state index < -0.39 is 22.2 Å². The Hall–Kier alpha value is -3.70. The number of anilines is 2. The first kappa shape index (κ1) is 32.2. The summed E-state index contributed by atoms with van der Waals surface area (Å²) in [7, 11) is -3.56. The first-order chi connectivity index (χ1) is 20.4. The number of aliphatic carboxylic acids is 1. The Morgan fingerprint density at radius 2 is 1.72 bits per heavy atom. The van der Waals surface area contributed by atoms with Crippen molar-refractivity contribution in [3.05, 3.63) is 59.0 Å². The van der Waals surface area contributed by atoms with Gasteiger partial charge in [-0.05, 0) is 92.5 Å². The van der Waals surface area contributed by atoms with Crippen molar-refractivity contribution in [2.75, 3.05) is 31.5 Å². The lowest BCUT2D eigenvalue weighted by molar-refractivity contribution is -0.192. The van der Waals surface area contributed by atoms with Gasteiger partial charge in [-0.25, -0.2) is 22.9 Å². The summed E-state index contributed by atoms with van der Waals surface area (Å²) in [6, 6.07) is 14.3. The van der Waals surface area contributed by atoms with Crippen LogP contribution in [0.2, 0.25) is 0 Å². The number of benzene rings is 2. The highest BCUT2D eigenvalue weighted by Gasteiger charge is 2.38. The number of nitrogens with zero attached hydrogens (tertiary/aromatic N) is 4. The Morgan fingerprint density at radius 3 is 2.33 bits per heavy atom. The highest BCUT2D eigenvalue weighted by Crippen LogP contribution is 2.33. The van der Waals surface area contributed by atoms with Crippen LogP contribution in [0.25, 0.3) is 21.5 Å². The third-order valence-corrected chi connectivity index (χ3v) is 9.05. The summed E-state index contributed by atoms with van der Waals surface area (Å²) in [5.41, 5.74) is 4.12.